The number of rotatable bonds is 7. The first-order chi connectivity index (χ1) is 17.6. The van der Waals surface area contributed by atoms with Gasteiger partial charge in [0.2, 0.25) is 5.91 Å². The highest BCUT2D eigenvalue weighted by molar-refractivity contribution is 5.98. The van der Waals surface area contributed by atoms with Crippen LogP contribution in [0, 0.1) is 0 Å². The van der Waals surface area contributed by atoms with Gasteiger partial charge in [0, 0.05) is 31.8 Å². The minimum Gasteiger partial charge on any atom is -0.457 e. The monoisotopic (exact) mass is 484 g/mol. The molecule has 0 bridgehead atoms. The van der Waals surface area contributed by atoms with E-state index in [1.807, 2.05) is 64.2 Å². The van der Waals surface area contributed by atoms with Crippen molar-refractivity contribution in [2.75, 3.05) is 32.5 Å². The molecule has 4 aromatic rings. The molecule has 9 heteroatoms. The van der Waals surface area contributed by atoms with Crippen LogP contribution in [0.5, 0.6) is 11.5 Å². The number of para-hydroxylation sites is 1. The molecule has 1 aliphatic rings. The number of aromatic nitrogens is 4. The molecule has 9 nitrogen and oxygen atoms in total. The molecule has 184 valence electrons. The van der Waals surface area contributed by atoms with Gasteiger partial charge in [-0.25, -0.2) is 14.6 Å². The van der Waals surface area contributed by atoms with Gasteiger partial charge in [-0.05, 0) is 49.2 Å². The molecule has 1 aliphatic heterocycles. The highest BCUT2D eigenvalue weighted by Crippen LogP contribution is 2.34. The van der Waals surface area contributed by atoms with Crippen LogP contribution in [0.1, 0.15) is 18.9 Å². The van der Waals surface area contributed by atoms with Gasteiger partial charge in [-0.2, -0.15) is 5.10 Å². The Bertz CT molecular complexity index is 1370. The quantitative estimate of drug-likeness (QED) is 0.391. The van der Waals surface area contributed by atoms with Crippen LogP contribution >= 0.6 is 0 Å². The molecule has 2 N–H and O–H groups in total. The number of anilines is 1. The second kappa shape index (κ2) is 10.6. The van der Waals surface area contributed by atoms with Crippen LogP contribution in [0.4, 0.5) is 5.82 Å². The Kier molecular flexibility index (Phi) is 6.90. The van der Waals surface area contributed by atoms with E-state index in [4.69, 9.17) is 20.3 Å². The average Bonchev–Trinajstić information content (AvgIpc) is 3.31. The second-order valence-corrected chi connectivity index (χ2v) is 8.63. The van der Waals surface area contributed by atoms with Crippen molar-refractivity contribution in [3.8, 4) is 22.8 Å². The van der Waals surface area contributed by atoms with Crippen molar-refractivity contribution in [3.05, 3.63) is 73.1 Å². The number of piperidine rings is 1. The normalized spacial score (nSPS) is 16.0. The van der Waals surface area contributed by atoms with Crippen molar-refractivity contribution in [2.24, 2.45) is 0 Å². The van der Waals surface area contributed by atoms with E-state index in [-0.39, 0.29) is 11.9 Å². The number of nitrogens with zero attached hydrogens (tertiary/aromatic N) is 5. The van der Waals surface area contributed by atoms with Crippen LogP contribution in [0.15, 0.2) is 73.1 Å². The van der Waals surface area contributed by atoms with Crippen LogP contribution in [-0.4, -0.2) is 57.4 Å². The molecule has 0 aliphatic carbocycles. The third-order valence-corrected chi connectivity index (χ3v) is 6.20. The van der Waals surface area contributed by atoms with Crippen molar-refractivity contribution in [2.45, 2.75) is 18.9 Å². The summed E-state index contributed by atoms with van der Waals surface area (Å²) in [5.74, 6) is 1.83. The Hall–Kier alpha value is -4.24. The van der Waals surface area contributed by atoms with E-state index in [9.17, 15) is 4.79 Å². The van der Waals surface area contributed by atoms with Gasteiger partial charge in [-0.1, -0.05) is 24.3 Å². The Morgan fingerprint density at radius 3 is 2.67 bits per heavy atom. The fraction of sp³-hybridized carbons (Fsp3) is 0.259. The molecule has 1 unspecified atom stereocenters. The molecule has 1 saturated heterocycles. The summed E-state index contributed by atoms with van der Waals surface area (Å²) in [6.07, 6.45) is 6.51. The molecule has 1 atom stereocenters. The number of nitrogen functional groups attached to an aromatic ring is 1. The molecule has 2 aromatic carbocycles. The first-order valence-electron chi connectivity index (χ1n) is 11.9. The maximum absolute atomic E-state index is 12.7. The molecule has 36 heavy (non-hydrogen) atoms. The standard InChI is InChI=1S/C27H28N6O3/c1-35-16-6-10-23(34)32-15-5-7-20(17-32)33-27-24(26(28)29-18-30-27)25(31-33)19-11-13-22(14-12-19)36-21-8-3-2-4-9-21/h2-4,6,8-14,18,20H,5,7,15-17H2,1H3,(H2,28,29,30)/b10-6+. The van der Waals surface area contributed by atoms with Gasteiger partial charge in [-0.15, -0.1) is 0 Å². The van der Waals surface area contributed by atoms with Crippen LogP contribution in [0.2, 0.25) is 0 Å². The summed E-state index contributed by atoms with van der Waals surface area (Å²) >= 11 is 0. The van der Waals surface area contributed by atoms with Crippen molar-refractivity contribution in [3.63, 3.8) is 0 Å². The summed E-state index contributed by atoms with van der Waals surface area (Å²) in [4.78, 5) is 23.2. The molecule has 0 saturated carbocycles. The number of benzene rings is 2. The predicted octanol–water partition coefficient (Wildman–Crippen LogP) is 4.23. The SMILES string of the molecule is COC/C=C/C(=O)N1CCCC(n2nc(-c3ccc(Oc4ccccc4)cc3)c3c(N)ncnc32)C1. The minimum absolute atomic E-state index is 0.0234. The summed E-state index contributed by atoms with van der Waals surface area (Å²) in [5.41, 5.74) is 8.55. The summed E-state index contributed by atoms with van der Waals surface area (Å²) in [6.45, 7) is 1.65. The number of likely N-dealkylation sites (tertiary alicyclic amines) is 1. The van der Waals surface area contributed by atoms with Gasteiger partial charge in [0.25, 0.3) is 0 Å². The Balaban J connectivity index is 1.44. The van der Waals surface area contributed by atoms with Gasteiger partial charge in [0.15, 0.2) is 5.65 Å². The van der Waals surface area contributed by atoms with Crippen LogP contribution in [0.25, 0.3) is 22.3 Å². The first-order valence-corrected chi connectivity index (χ1v) is 11.9. The highest BCUT2D eigenvalue weighted by Gasteiger charge is 2.28. The largest absolute Gasteiger partial charge is 0.457 e. The van der Waals surface area contributed by atoms with Crippen molar-refractivity contribution in [1.29, 1.82) is 0 Å². The molecule has 5 rings (SSSR count). The predicted molar refractivity (Wildman–Crippen MR) is 138 cm³/mol. The molecule has 1 amide bonds. The third kappa shape index (κ3) is 4.92. The maximum Gasteiger partial charge on any atom is 0.246 e. The molecule has 1 fully saturated rings. The second-order valence-electron chi connectivity index (χ2n) is 8.63. The van der Waals surface area contributed by atoms with Crippen LogP contribution < -0.4 is 10.5 Å². The molecular weight excluding hydrogens is 456 g/mol. The fourth-order valence-electron chi connectivity index (χ4n) is 4.46. The van der Waals surface area contributed by atoms with E-state index in [0.29, 0.717) is 42.2 Å². The number of hydrogen-bond donors (Lipinski definition) is 1. The molecule has 0 spiro atoms. The van der Waals surface area contributed by atoms with E-state index in [0.717, 1.165) is 29.9 Å². The smallest absolute Gasteiger partial charge is 0.246 e. The topological polar surface area (TPSA) is 108 Å². The first kappa shape index (κ1) is 23.5. The zero-order chi connectivity index (χ0) is 24.9. The van der Waals surface area contributed by atoms with E-state index in [1.54, 1.807) is 19.3 Å². The number of hydrogen-bond acceptors (Lipinski definition) is 7. The lowest BCUT2D eigenvalue weighted by atomic mass is 10.1. The van der Waals surface area contributed by atoms with Crippen molar-refractivity contribution < 1.29 is 14.3 Å². The van der Waals surface area contributed by atoms with Crippen LogP contribution in [0.3, 0.4) is 0 Å². The Morgan fingerprint density at radius 1 is 1.11 bits per heavy atom. The van der Waals surface area contributed by atoms with Gasteiger partial charge < -0.3 is 20.1 Å². The summed E-state index contributed by atoms with van der Waals surface area (Å²) < 4.78 is 12.8. The van der Waals surface area contributed by atoms with Crippen molar-refractivity contribution in [1.82, 2.24) is 24.6 Å². The molecule has 2 aromatic heterocycles. The van der Waals surface area contributed by atoms with E-state index >= 15 is 0 Å². The zero-order valence-electron chi connectivity index (χ0n) is 20.1. The van der Waals surface area contributed by atoms with E-state index in [1.165, 1.54) is 6.33 Å². The van der Waals surface area contributed by atoms with Gasteiger partial charge in [-0.3, -0.25) is 4.79 Å². The number of amides is 1. The van der Waals surface area contributed by atoms with E-state index < -0.39 is 0 Å². The van der Waals surface area contributed by atoms with Gasteiger partial charge >= 0.3 is 0 Å². The third-order valence-electron chi connectivity index (χ3n) is 6.20. The molecular formula is C27H28N6O3. The Morgan fingerprint density at radius 2 is 1.89 bits per heavy atom. The number of carbonyl (C=O) groups is 1. The lowest BCUT2D eigenvalue weighted by molar-refractivity contribution is -0.127. The Labute approximate surface area is 209 Å². The lowest BCUT2D eigenvalue weighted by Crippen LogP contribution is -2.40. The van der Waals surface area contributed by atoms with Gasteiger partial charge in [0.05, 0.1) is 18.0 Å². The number of methoxy groups -OCH3 is 1. The minimum atomic E-state index is -0.0309. The number of carbonyl (C=O) groups excluding carboxylic acids is 1. The van der Waals surface area contributed by atoms with E-state index in [2.05, 4.69) is 9.97 Å². The van der Waals surface area contributed by atoms with Crippen LogP contribution in [-0.2, 0) is 9.53 Å². The lowest BCUT2D eigenvalue weighted by Gasteiger charge is -2.32. The number of ether oxygens (including phenoxy) is 2. The molecule has 0 radical (unpaired) electrons. The fourth-order valence-corrected chi connectivity index (χ4v) is 4.46. The maximum atomic E-state index is 12.7. The zero-order valence-corrected chi connectivity index (χ0v) is 20.1. The van der Waals surface area contributed by atoms with Crippen molar-refractivity contribution >= 4 is 22.8 Å². The summed E-state index contributed by atoms with van der Waals surface area (Å²) in [7, 11) is 1.60. The summed E-state index contributed by atoms with van der Waals surface area (Å²) in [5, 5.41) is 5.65. The average molecular weight is 485 g/mol. The number of nitrogens with two attached hydrogens (primary N) is 1. The molecule has 3 heterocycles. The number of fused-ring (bicyclic) bond motifs is 1. The highest BCUT2D eigenvalue weighted by atomic mass is 16.5. The summed E-state index contributed by atoms with van der Waals surface area (Å²) in [6, 6.07) is 17.3. The van der Waals surface area contributed by atoms with Gasteiger partial charge in [0.1, 0.15) is 29.3 Å².